The Morgan fingerprint density at radius 1 is 1.19 bits per heavy atom. The molecule has 170 valence electrons. The van der Waals surface area contributed by atoms with Crippen molar-refractivity contribution in [2.24, 2.45) is 17.6 Å². The van der Waals surface area contributed by atoms with Crippen molar-refractivity contribution in [2.75, 3.05) is 24.7 Å². The van der Waals surface area contributed by atoms with E-state index < -0.39 is 57.8 Å². The largest absolute Gasteiger partial charge is 0.508 e. The van der Waals surface area contributed by atoms with Gasteiger partial charge in [-0.2, -0.15) is 0 Å². The number of nitrogens with zero attached hydrogens (tertiary/aromatic N) is 1. The fourth-order valence-corrected chi connectivity index (χ4v) is 5.56. The van der Waals surface area contributed by atoms with Crippen LogP contribution in [0.4, 0.5) is 11.4 Å². The standard InChI is InChI=1S/C21H22ClN3O7/c1-25(2)15-8-4-6-3-7-5-9(26)12(20(24)31)19(30)21(7,32)18(29)10(6)16(27)11(8)17(28)14(23)13(15)22/h6-7,27-28,30,32H,3-5,23H2,1-2H3,(H2,24,31)/t6?,7?,21-/m0/s1. The highest BCUT2D eigenvalue weighted by molar-refractivity contribution is 6.36. The normalized spacial score (nSPS) is 27.1. The predicted octanol–water partition coefficient (Wildman–Crippen LogP) is 0.725. The van der Waals surface area contributed by atoms with Crippen molar-refractivity contribution in [3.05, 3.63) is 33.1 Å². The van der Waals surface area contributed by atoms with Crippen LogP contribution in [0, 0.1) is 11.8 Å². The SMILES string of the molecule is CN(C)c1c(Cl)c(N)c(O)c2c1CC1CC3CC(=O)C(C(N)=O)=C(O)[C@@]3(O)C(=O)C1=C2O. The molecule has 3 aliphatic rings. The first-order valence-corrected chi connectivity index (χ1v) is 10.2. The van der Waals surface area contributed by atoms with Crippen molar-refractivity contribution in [3.8, 4) is 5.75 Å². The van der Waals surface area contributed by atoms with Crippen LogP contribution in [0.3, 0.4) is 0 Å². The molecule has 2 unspecified atom stereocenters. The number of aliphatic hydroxyl groups excluding tert-OH is 2. The Balaban J connectivity index is 1.99. The first-order valence-electron chi connectivity index (χ1n) is 9.81. The number of nitrogens with two attached hydrogens (primary N) is 2. The minimum atomic E-state index is -2.60. The number of hydrogen-bond donors (Lipinski definition) is 6. The summed E-state index contributed by atoms with van der Waals surface area (Å²) in [5.74, 6) is -7.02. The van der Waals surface area contributed by atoms with Crippen molar-refractivity contribution in [1.82, 2.24) is 0 Å². The summed E-state index contributed by atoms with van der Waals surface area (Å²) in [4.78, 5) is 39.1. The zero-order chi connectivity index (χ0) is 23.9. The monoisotopic (exact) mass is 463 g/mol. The number of rotatable bonds is 2. The number of amides is 1. The Morgan fingerprint density at radius 3 is 2.38 bits per heavy atom. The molecule has 3 aliphatic carbocycles. The number of aromatic hydroxyl groups is 1. The predicted molar refractivity (Wildman–Crippen MR) is 115 cm³/mol. The number of hydrogen-bond acceptors (Lipinski definition) is 9. The van der Waals surface area contributed by atoms with Crippen molar-refractivity contribution < 1.29 is 34.8 Å². The third kappa shape index (κ3) is 2.59. The maximum Gasteiger partial charge on any atom is 0.255 e. The van der Waals surface area contributed by atoms with E-state index in [9.17, 15) is 34.8 Å². The zero-order valence-corrected chi connectivity index (χ0v) is 18.0. The van der Waals surface area contributed by atoms with Gasteiger partial charge in [0.15, 0.2) is 17.1 Å². The van der Waals surface area contributed by atoms with Gasteiger partial charge >= 0.3 is 0 Å². The Kier molecular flexibility index (Phi) is 4.72. The quantitative estimate of drug-likeness (QED) is 0.208. The van der Waals surface area contributed by atoms with Crippen molar-refractivity contribution in [3.63, 3.8) is 0 Å². The number of nitrogen functional groups attached to an aromatic ring is 1. The number of primary amides is 1. The number of fused-ring (bicyclic) bond motifs is 3. The molecule has 0 heterocycles. The number of carbonyl (C=O) groups is 3. The van der Waals surface area contributed by atoms with Crippen LogP contribution in [0.25, 0.3) is 5.76 Å². The number of phenolic OH excluding ortho intramolecular Hbond substituents is 1. The number of carbonyl (C=O) groups excluding carboxylic acids is 3. The number of ketones is 2. The highest BCUT2D eigenvalue weighted by Gasteiger charge is 2.60. The summed E-state index contributed by atoms with van der Waals surface area (Å²) < 4.78 is 0. The molecule has 0 aliphatic heterocycles. The Hall–Kier alpha value is -3.24. The van der Waals surface area contributed by atoms with Gasteiger partial charge in [0.25, 0.3) is 5.91 Å². The van der Waals surface area contributed by atoms with Crippen LogP contribution in [-0.2, 0) is 20.8 Å². The fourth-order valence-electron chi connectivity index (χ4n) is 5.19. The van der Waals surface area contributed by atoms with Gasteiger partial charge in [-0.05, 0) is 24.3 Å². The number of aliphatic hydroxyl groups is 3. The summed E-state index contributed by atoms with van der Waals surface area (Å²) in [6.07, 6.45) is -0.190. The molecule has 0 spiro atoms. The molecule has 1 saturated carbocycles. The van der Waals surface area contributed by atoms with Gasteiger partial charge in [0.1, 0.15) is 17.1 Å². The van der Waals surface area contributed by atoms with E-state index in [1.807, 2.05) is 0 Å². The minimum Gasteiger partial charge on any atom is -0.508 e. The second-order valence-corrected chi connectivity index (χ2v) is 8.96. The van der Waals surface area contributed by atoms with E-state index in [1.165, 1.54) is 0 Å². The van der Waals surface area contributed by atoms with Crippen LogP contribution >= 0.6 is 11.6 Å². The first kappa shape index (κ1) is 22.0. The summed E-state index contributed by atoms with van der Waals surface area (Å²) >= 11 is 6.34. The lowest BCUT2D eigenvalue weighted by molar-refractivity contribution is -0.147. The van der Waals surface area contributed by atoms with E-state index >= 15 is 0 Å². The lowest BCUT2D eigenvalue weighted by atomic mass is 9.59. The molecule has 1 fully saturated rings. The van der Waals surface area contributed by atoms with Gasteiger partial charge in [0.2, 0.25) is 5.78 Å². The van der Waals surface area contributed by atoms with Crippen LogP contribution < -0.4 is 16.4 Å². The maximum atomic E-state index is 13.4. The summed E-state index contributed by atoms with van der Waals surface area (Å²) in [5, 5.41) is 43.5. The zero-order valence-electron chi connectivity index (χ0n) is 17.3. The molecule has 4 rings (SSSR count). The second kappa shape index (κ2) is 6.88. The van der Waals surface area contributed by atoms with Crippen LogP contribution in [0.5, 0.6) is 5.75 Å². The second-order valence-electron chi connectivity index (χ2n) is 8.58. The molecule has 3 atom stereocenters. The van der Waals surface area contributed by atoms with E-state index in [0.29, 0.717) is 11.3 Å². The minimum absolute atomic E-state index is 0.0402. The molecule has 10 nitrogen and oxygen atoms in total. The van der Waals surface area contributed by atoms with Crippen molar-refractivity contribution in [1.29, 1.82) is 0 Å². The van der Waals surface area contributed by atoms with E-state index in [0.717, 1.165) is 0 Å². The smallest absolute Gasteiger partial charge is 0.255 e. The number of benzene rings is 1. The summed E-state index contributed by atoms with van der Waals surface area (Å²) in [7, 11) is 3.40. The average molecular weight is 464 g/mol. The lowest BCUT2D eigenvalue weighted by Crippen LogP contribution is -2.58. The topological polar surface area (TPSA) is 187 Å². The summed E-state index contributed by atoms with van der Waals surface area (Å²) in [5.41, 5.74) is 8.03. The van der Waals surface area contributed by atoms with Gasteiger partial charge in [-0.25, -0.2) is 0 Å². The van der Waals surface area contributed by atoms with Crippen LogP contribution in [-0.4, -0.2) is 57.6 Å². The fraction of sp³-hybridized carbons (Fsp3) is 0.381. The van der Waals surface area contributed by atoms with Crippen LogP contribution in [0.1, 0.15) is 24.0 Å². The van der Waals surface area contributed by atoms with Crippen molar-refractivity contribution >= 4 is 46.2 Å². The Labute approximate surface area is 187 Å². The molecule has 32 heavy (non-hydrogen) atoms. The van der Waals surface area contributed by atoms with Gasteiger partial charge in [-0.3, -0.25) is 14.4 Å². The number of halogens is 1. The summed E-state index contributed by atoms with van der Waals surface area (Å²) in [6, 6.07) is 0. The molecule has 0 bridgehead atoms. The Bertz CT molecular complexity index is 1190. The highest BCUT2D eigenvalue weighted by Crippen LogP contribution is 2.55. The molecule has 0 aromatic heterocycles. The number of Topliss-reactive ketones (excluding diaryl/α,β-unsaturated/α-hetero) is 2. The third-order valence-corrected chi connectivity index (χ3v) is 7.01. The molecule has 1 aromatic rings. The van der Waals surface area contributed by atoms with E-state index in [1.54, 1.807) is 19.0 Å². The summed E-state index contributed by atoms with van der Waals surface area (Å²) in [6.45, 7) is 0. The average Bonchev–Trinajstić information content (AvgIpc) is 2.68. The maximum absolute atomic E-state index is 13.4. The molecule has 1 amide bonds. The van der Waals surface area contributed by atoms with Gasteiger partial charge in [0.05, 0.1) is 22.0 Å². The molecule has 8 N–H and O–H groups in total. The molecular weight excluding hydrogens is 442 g/mol. The number of phenols is 1. The third-order valence-electron chi connectivity index (χ3n) is 6.63. The lowest BCUT2D eigenvalue weighted by Gasteiger charge is -2.46. The van der Waals surface area contributed by atoms with Gasteiger partial charge < -0.3 is 36.8 Å². The van der Waals surface area contributed by atoms with Crippen LogP contribution in [0.15, 0.2) is 16.9 Å². The van der Waals surface area contributed by atoms with E-state index in [-0.39, 0.29) is 41.1 Å². The highest BCUT2D eigenvalue weighted by atomic mass is 35.5. The van der Waals surface area contributed by atoms with Crippen LogP contribution in [0.2, 0.25) is 5.02 Å². The first-order chi connectivity index (χ1) is 14.8. The van der Waals surface area contributed by atoms with Gasteiger partial charge in [-0.15, -0.1) is 0 Å². The molecule has 0 radical (unpaired) electrons. The van der Waals surface area contributed by atoms with E-state index in [4.69, 9.17) is 23.1 Å². The number of anilines is 2. The van der Waals surface area contributed by atoms with Crippen molar-refractivity contribution in [2.45, 2.75) is 24.9 Å². The molecule has 0 saturated heterocycles. The van der Waals surface area contributed by atoms with Gasteiger partial charge in [-0.1, -0.05) is 11.6 Å². The molecule has 11 heteroatoms. The van der Waals surface area contributed by atoms with Gasteiger partial charge in [0, 0.05) is 32.0 Å². The Morgan fingerprint density at radius 2 is 1.81 bits per heavy atom. The van der Waals surface area contributed by atoms with E-state index in [2.05, 4.69) is 0 Å². The molecule has 1 aromatic carbocycles. The molecular formula is C21H22ClN3O7.